The molecule has 0 radical (unpaired) electrons. The Kier molecular flexibility index (Phi) is 10.9. The van der Waals surface area contributed by atoms with E-state index in [0.717, 1.165) is 0 Å². The van der Waals surface area contributed by atoms with Crippen molar-refractivity contribution in [2.45, 2.75) is 77.6 Å². The van der Waals surface area contributed by atoms with Gasteiger partial charge in [0.15, 0.2) is 17.4 Å². The Hall–Kier alpha value is 1.02. The lowest BCUT2D eigenvalue weighted by Gasteiger charge is -2.44. The fourth-order valence-corrected chi connectivity index (χ4v) is 31.8. The van der Waals surface area contributed by atoms with Gasteiger partial charge in [-0.3, -0.25) is 0 Å². The predicted molar refractivity (Wildman–Crippen MR) is 129 cm³/mol. The van der Waals surface area contributed by atoms with Gasteiger partial charge in [0.2, 0.25) is 0 Å². The zero-order chi connectivity index (χ0) is 22.6. The molecule has 0 aliphatic carbocycles. The fraction of sp³-hybridized carbons (Fsp3) is 1.00. The second-order valence-electron chi connectivity index (χ2n) is 9.21. The van der Waals surface area contributed by atoms with E-state index in [0.29, 0.717) is 0 Å². The molecule has 0 bridgehead atoms. The molecule has 0 aliphatic rings. The Bertz CT molecular complexity index is 475. The Morgan fingerprint density at radius 2 is 0.964 bits per heavy atom. The summed E-state index contributed by atoms with van der Waals surface area (Å²) in [5.74, 6) is 0. The molecule has 1 unspecified atom stereocenters. The molecular weight excluding hydrogens is 461 g/mol. The third-order valence-corrected chi connectivity index (χ3v) is 28.5. The van der Waals surface area contributed by atoms with Crippen LogP contribution in [-0.2, 0) is 29.7 Å². The first kappa shape index (κ1) is 29.0. The van der Waals surface area contributed by atoms with E-state index in [1.54, 1.807) is 21.3 Å². The molecule has 0 fully saturated rings. The third-order valence-electron chi connectivity index (χ3n) is 4.44. The molecule has 28 heavy (non-hydrogen) atoms. The molecule has 0 saturated heterocycles. The van der Waals surface area contributed by atoms with Gasteiger partial charge in [-0.25, -0.2) is 0 Å². The topological polar surface area (TPSA) is 64.6 Å². The van der Waals surface area contributed by atoms with Crippen LogP contribution >= 0.6 is 0 Å². The lowest BCUT2D eigenvalue weighted by Crippen LogP contribution is -2.62. The lowest BCUT2D eigenvalue weighted by molar-refractivity contribution is 0.119. The highest BCUT2D eigenvalue weighted by Gasteiger charge is 2.56. The highest BCUT2D eigenvalue weighted by Crippen LogP contribution is 2.36. The smallest absolute Gasteiger partial charge is 0.440 e. The van der Waals surface area contributed by atoms with Crippen molar-refractivity contribution in [3.63, 3.8) is 0 Å². The first-order valence-electron chi connectivity index (χ1n) is 9.81. The van der Waals surface area contributed by atoms with Crippen LogP contribution < -0.4 is 0 Å². The van der Waals surface area contributed by atoms with Crippen LogP contribution in [-0.4, -0.2) is 73.2 Å². The van der Waals surface area contributed by atoms with Crippen LogP contribution in [0.5, 0.6) is 0 Å². The summed E-state index contributed by atoms with van der Waals surface area (Å²) in [5.41, 5.74) is 0. The monoisotopic (exact) mass is 504 g/mol. The average molecular weight is 505 g/mol. The Morgan fingerprint density at radius 1 is 0.607 bits per heavy atom. The van der Waals surface area contributed by atoms with Crippen LogP contribution in [0.4, 0.5) is 0 Å². The van der Waals surface area contributed by atoms with E-state index in [-0.39, 0.29) is 5.16 Å². The number of rotatable bonds is 13. The molecule has 0 aromatic rings. The van der Waals surface area contributed by atoms with E-state index in [2.05, 4.69) is 72.4 Å². The summed E-state index contributed by atoms with van der Waals surface area (Å²) in [6.07, 6.45) is 0. The molecule has 0 rings (SSSR count). The van der Waals surface area contributed by atoms with Crippen LogP contribution in [0.1, 0.15) is 6.92 Å². The van der Waals surface area contributed by atoms with Gasteiger partial charge >= 0.3 is 34.5 Å². The van der Waals surface area contributed by atoms with Crippen LogP contribution in [0.15, 0.2) is 0 Å². The molecule has 13 heteroatoms. The minimum absolute atomic E-state index is 0.0576. The molecule has 1 atom stereocenters. The maximum absolute atomic E-state index is 6.72. The summed E-state index contributed by atoms with van der Waals surface area (Å²) in [6, 6.07) is 0. The standard InChI is InChI=1S/C15H44O7Si6/c1-15(28(16-2,17-3)18-4)24(7,8)20-26(11,12)22-27(13,14)21-25(9,10)19-23(5)6/h15,23H,1-14H3. The molecule has 0 N–H and O–H groups in total. The minimum atomic E-state index is -2.80. The summed E-state index contributed by atoms with van der Waals surface area (Å²) in [6.45, 7) is 23.4. The quantitative estimate of drug-likeness (QED) is 0.349. The highest BCUT2D eigenvalue weighted by molar-refractivity contribution is 6.94. The normalized spacial score (nSPS) is 16.0. The van der Waals surface area contributed by atoms with E-state index in [4.69, 9.17) is 29.7 Å². The molecule has 0 aromatic carbocycles. The highest BCUT2D eigenvalue weighted by atomic mass is 28.5. The maximum Gasteiger partial charge on any atom is 0.502 e. The molecular formula is C15H44O7Si6. The van der Waals surface area contributed by atoms with Gasteiger partial charge in [-0.2, -0.15) is 0 Å². The number of hydrogen-bond acceptors (Lipinski definition) is 7. The molecule has 0 amide bonds. The predicted octanol–water partition coefficient (Wildman–Crippen LogP) is 4.15. The Balaban J connectivity index is 5.34. The molecule has 7 nitrogen and oxygen atoms in total. The van der Waals surface area contributed by atoms with Crippen molar-refractivity contribution in [1.29, 1.82) is 0 Å². The van der Waals surface area contributed by atoms with Crippen molar-refractivity contribution < 1.29 is 29.7 Å². The Morgan fingerprint density at radius 3 is 1.32 bits per heavy atom. The van der Waals surface area contributed by atoms with Crippen LogP contribution in [0.2, 0.25) is 70.6 Å². The van der Waals surface area contributed by atoms with E-state index in [9.17, 15) is 0 Å². The van der Waals surface area contributed by atoms with E-state index >= 15 is 0 Å². The maximum atomic E-state index is 6.72. The van der Waals surface area contributed by atoms with Gasteiger partial charge in [-0.05, 0) is 65.5 Å². The lowest BCUT2D eigenvalue weighted by atomic mass is 10.9. The van der Waals surface area contributed by atoms with E-state index in [1.807, 2.05) is 0 Å². The van der Waals surface area contributed by atoms with Crippen molar-refractivity contribution in [2.75, 3.05) is 21.3 Å². The van der Waals surface area contributed by atoms with Gasteiger partial charge in [0.1, 0.15) is 0 Å². The zero-order valence-electron chi connectivity index (χ0n) is 20.5. The van der Waals surface area contributed by atoms with Gasteiger partial charge in [0.05, 0.1) is 0 Å². The first-order chi connectivity index (χ1) is 12.4. The molecule has 170 valence electrons. The minimum Gasteiger partial charge on any atom is -0.440 e. The Labute approximate surface area is 180 Å². The van der Waals surface area contributed by atoms with E-state index in [1.165, 1.54) is 0 Å². The summed E-state index contributed by atoms with van der Waals surface area (Å²) < 4.78 is 43.0. The van der Waals surface area contributed by atoms with Gasteiger partial charge in [-0.1, -0.05) is 6.92 Å². The molecule has 0 aromatic heterocycles. The molecule has 0 spiro atoms. The summed E-state index contributed by atoms with van der Waals surface area (Å²) in [4.78, 5) is 0. The summed E-state index contributed by atoms with van der Waals surface area (Å²) >= 11 is 0. The second-order valence-corrected chi connectivity index (χ2v) is 31.1. The average Bonchev–Trinajstić information content (AvgIpc) is 2.43. The van der Waals surface area contributed by atoms with Crippen LogP contribution in [0.3, 0.4) is 0 Å². The number of hydrogen-bond donors (Lipinski definition) is 0. The largest absolute Gasteiger partial charge is 0.502 e. The second kappa shape index (κ2) is 10.6. The third kappa shape index (κ3) is 9.03. The van der Waals surface area contributed by atoms with Crippen molar-refractivity contribution in [3.8, 4) is 0 Å². The van der Waals surface area contributed by atoms with Crippen molar-refractivity contribution in [3.05, 3.63) is 0 Å². The SMILES string of the molecule is CO[Si](OC)(OC)C(C)[Si](C)(C)O[Si](C)(C)O[Si](C)(C)O[Si](C)(C)O[SiH](C)C. The van der Waals surface area contributed by atoms with Gasteiger partial charge < -0.3 is 29.7 Å². The van der Waals surface area contributed by atoms with Gasteiger partial charge in [0.25, 0.3) is 0 Å². The summed E-state index contributed by atoms with van der Waals surface area (Å²) in [5, 5.41) is 0.0576. The molecule has 0 heterocycles. The first-order valence-corrected chi connectivity index (χ1v) is 25.8. The molecule has 0 saturated carbocycles. The van der Waals surface area contributed by atoms with Crippen LogP contribution in [0, 0.1) is 0 Å². The van der Waals surface area contributed by atoms with Crippen molar-refractivity contribution in [1.82, 2.24) is 0 Å². The van der Waals surface area contributed by atoms with Crippen molar-refractivity contribution >= 4 is 51.8 Å². The van der Waals surface area contributed by atoms with Crippen LogP contribution in [0.25, 0.3) is 0 Å². The van der Waals surface area contributed by atoms with Gasteiger partial charge in [0, 0.05) is 26.5 Å². The summed E-state index contributed by atoms with van der Waals surface area (Å²) in [7, 11) is -8.35. The van der Waals surface area contributed by atoms with Gasteiger partial charge in [-0.15, -0.1) is 0 Å². The van der Waals surface area contributed by atoms with E-state index < -0.39 is 51.8 Å². The zero-order valence-corrected chi connectivity index (χ0v) is 26.7. The fourth-order valence-electron chi connectivity index (χ4n) is 3.75. The molecule has 0 aliphatic heterocycles. The van der Waals surface area contributed by atoms with Crippen molar-refractivity contribution in [2.24, 2.45) is 0 Å².